The Morgan fingerprint density at radius 1 is 0.966 bits per heavy atom. The Hall–Kier alpha value is -1.69. The first-order valence-electron chi connectivity index (χ1n) is 9.12. The molecule has 2 aromatic rings. The minimum absolute atomic E-state index is 0.803. The summed E-state index contributed by atoms with van der Waals surface area (Å²) in [5, 5.41) is 0. The van der Waals surface area contributed by atoms with Crippen molar-refractivity contribution in [1.29, 1.82) is 0 Å². The van der Waals surface area contributed by atoms with Crippen molar-refractivity contribution in [2.45, 2.75) is 39.8 Å². The van der Waals surface area contributed by atoms with Gasteiger partial charge in [0.25, 0.3) is 0 Å². The van der Waals surface area contributed by atoms with Crippen LogP contribution in [0.5, 0.6) is 0 Å². The predicted octanol–water partition coefficient (Wildman–Crippen LogP) is 4.26. The lowest BCUT2D eigenvalue weighted by atomic mass is 10.1. The lowest BCUT2D eigenvalue weighted by Crippen LogP contribution is -2.42. The van der Waals surface area contributed by atoms with E-state index >= 15 is 0 Å². The van der Waals surface area contributed by atoms with E-state index in [0.29, 0.717) is 0 Å². The van der Waals surface area contributed by atoms with E-state index in [1.807, 2.05) is 0 Å². The zero-order valence-corrected chi connectivity index (χ0v) is 18.7. The first-order valence-corrected chi connectivity index (χ1v) is 11.1. The van der Waals surface area contributed by atoms with Crippen molar-refractivity contribution in [3.63, 3.8) is 0 Å². The third kappa shape index (κ3) is 8.29. The summed E-state index contributed by atoms with van der Waals surface area (Å²) in [6.07, 6.45) is 7.30. The van der Waals surface area contributed by atoms with Gasteiger partial charge in [-0.3, -0.25) is 0 Å². The second-order valence-corrected chi connectivity index (χ2v) is 9.79. The number of hydrogen-bond donors (Lipinski definition) is 0. The van der Waals surface area contributed by atoms with Crippen LogP contribution >= 0.6 is 0 Å². The highest BCUT2D eigenvalue weighted by Gasteiger charge is 2.37. The molecule has 164 valence electrons. The Morgan fingerprint density at radius 3 is 1.90 bits per heavy atom. The average Bonchev–Trinajstić information content (AvgIpc) is 3.05. The number of rotatable bonds is 8. The molecule has 0 saturated carbocycles. The smallest absolute Gasteiger partial charge is 0.418 e. The van der Waals surface area contributed by atoms with E-state index in [2.05, 4.69) is 60.8 Å². The molecule has 0 fully saturated rings. The van der Waals surface area contributed by atoms with Crippen molar-refractivity contribution < 1.29 is 35.1 Å². The molecule has 0 aliphatic carbocycles. The predicted molar refractivity (Wildman–Crippen MR) is 107 cm³/mol. The van der Waals surface area contributed by atoms with Crippen LogP contribution in [0.2, 0.25) is 6.04 Å². The van der Waals surface area contributed by atoms with E-state index in [4.69, 9.17) is 13.3 Å². The van der Waals surface area contributed by atoms with E-state index in [-0.39, 0.29) is 0 Å². The van der Waals surface area contributed by atoms with Gasteiger partial charge in [0.2, 0.25) is 6.33 Å². The van der Waals surface area contributed by atoms with Crippen molar-refractivity contribution in [2.24, 2.45) is 0 Å². The Labute approximate surface area is 170 Å². The van der Waals surface area contributed by atoms with Crippen molar-refractivity contribution in [3.8, 4) is 5.69 Å². The second-order valence-electron chi connectivity index (χ2n) is 6.70. The Bertz CT molecular complexity index is 745. The van der Waals surface area contributed by atoms with Gasteiger partial charge in [0.1, 0.15) is 18.1 Å². The summed E-state index contributed by atoms with van der Waals surface area (Å²) in [4.78, 5) is 0. The van der Waals surface area contributed by atoms with E-state index in [1.165, 1.54) is 22.4 Å². The van der Waals surface area contributed by atoms with Gasteiger partial charge in [-0.05, 0) is 38.3 Å². The molecule has 1 aromatic heterocycles. The standard InChI is InChI=1S/C18H29N2O3Si.BF4/c1-15-12-16(2)18(17(3)13-15)20-10-9-19(14-20)8-7-11-24(21-4,22-5)23-6;2-1(3,4)5/h9-10,12-14H,7-8,11H2,1-6H3;/q+1;-1. The molecule has 0 atom stereocenters. The summed E-state index contributed by atoms with van der Waals surface area (Å²) < 4.78 is 59.8. The lowest BCUT2D eigenvalue weighted by Gasteiger charge is -2.23. The highest BCUT2D eigenvalue weighted by molar-refractivity contribution is 6.60. The number of imidazole rings is 1. The second kappa shape index (κ2) is 10.9. The zero-order valence-electron chi connectivity index (χ0n) is 17.7. The largest absolute Gasteiger partial charge is 0.673 e. The molecule has 0 aliphatic heterocycles. The topological polar surface area (TPSA) is 36.5 Å². The Kier molecular flexibility index (Phi) is 9.53. The quantitative estimate of drug-likeness (QED) is 0.353. The molecule has 0 spiro atoms. The molecule has 0 bridgehead atoms. The number of hydrogen-bond acceptors (Lipinski definition) is 3. The molecule has 0 radical (unpaired) electrons. The first kappa shape index (κ1) is 25.3. The molecule has 11 heteroatoms. The van der Waals surface area contributed by atoms with Gasteiger partial charge in [-0.15, -0.1) is 0 Å². The first-order chi connectivity index (χ1) is 13.4. The van der Waals surface area contributed by atoms with E-state index in [9.17, 15) is 17.3 Å². The van der Waals surface area contributed by atoms with Crippen LogP contribution in [-0.4, -0.2) is 42.0 Å². The maximum absolute atomic E-state index is 9.75. The molecule has 0 saturated heterocycles. The summed E-state index contributed by atoms with van der Waals surface area (Å²) in [6, 6.07) is 5.25. The van der Waals surface area contributed by atoms with Crippen LogP contribution in [0.1, 0.15) is 23.1 Å². The highest BCUT2D eigenvalue weighted by Crippen LogP contribution is 2.17. The third-order valence-electron chi connectivity index (χ3n) is 4.42. The summed E-state index contributed by atoms with van der Waals surface area (Å²) >= 11 is 0. The minimum Gasteiger partial charge on any atom is -0.418 e. The summed E-state index contributed by atoms with van der Waals surface area (Å²) in [6.45, 7) is 7.36. The maximum Gasteiger partial charge on any atom is 0.673 e. The van der Waals surface area contributed by atoms with Crippen LogP contribution in [0.15, 0.2) is 30.9 Å². The van der Waals surface area contributed by atoms with Gasteiger partial charge in [-0.1, -0.05) is 17.7 Å². The van der Waals surface area contributed by atoms with Crippen LogP contribution in [0.4, 0.5) is 17.3 Å². The Morgan fingerprint density at radius 2 is 1.45 bits per heavy atom. The maximum atomic E-state index is 9.75. The number of aryl methyl sites for hydroxylation is 4. The van der Waals surface area contributed by atoms with Gasteiger partial charge in [0, 0.05) is 27.4 Å². The van der Waals surface area contributed by atoms with Gasteiger partial charge in [-0.2, -0.15) is 0 Å². The van der Waals surface area contributed by atoms with Gasteiger partial charge in [0.15, 0.2) is 0 Å². The van der Waals surface area contributed by atoms with Crippen LogP contribution in [-0.2, 0) is 19.8 Å². The van der Waals surface area contributed by atoms with Crippen LogP contribution < -0.4 is 4.57 Å². The van der Waals surface area contributed by atoms with Crippen molar-refractivity contribution in [3.05, 3.63) is 47.5 Å². The van der Waals surface area contributed by atoms with Gasteiger partial charge in [-0.25, -0.2) is 9.13 Å². The van der Waals surface area contributed by atoms with Gasteiger partial charge in [0.05, 0.1) is 6.54 Å². The summed E-state index contributed by atoms with van der Waals surface area (Å²) in [5.41, 5.74) is 5.14. The molecule has 0 unspecified atom stereocenters. The van der Waals surface area contributed by atoms with Gasteiger partial charge < -0.3 is 30.5 Å². The number of benzene rings is 1. The zero-order chi connectivity index (χ0) is 22.2. The van der Waals surface area contributed by atoms with E-state index in [1.54, 1.807) is 21.3 Å². The molecule has 0 aliphatic rings. The highest BCUT2D eigenvalue weighted by atomic mass is 28.4. The third-order valence-corrected chi connectivity index (χ3v) is 7.25. The van der Waals surface area contributed by atoms with Gasteiger partial charge >= 0.3 is 16.1 Å². The molecule has 29 heavy (non-hydrogen) atoms. The molecule has 0 amide bonds. The van der Waals surface area contributed by atoms with Crippen LogP contribution in [0, 0.1) is 20.8 Å². The normalized spacial score (nSPS) is 11.9. The van der Waals surface area contributed by atoms with Crippen LogP contribution in [0.25, 0.3) is 5.69 Å². The van der Waals surface area contributed by atoms with E-state index < -0.39 is 16.1 Å². The number of aromatic nitrogens is 2. The molecule has 2 rings (SSSR count). The molecular formula is C18H29BF4N2O3Si. The summed E-state index contributed by atoms with van der Waals surface area (Å²) in [5.74, 6) is 0. The van der Waals surface area contributed by atoms with E-state index in [0.717, 1.165) is 19.0 Å². The number of halogens is 4. The average molecular weight is 436 g/mol. The summed E-state index contributed by atoms with van der Waals surface area (Å²) in [7, 11) is -3.50. The molecule has 5 nitrogen and oxygen atoms in total. The number of nitrogens with zero attached hydrogens (tertiary/aromatic N) is 2. The molecule has 1 aromatic carbocycles. The monoisotopic (exact) mass is 436 g/mol. The van der Waals surface area contributed by atoms with Crippen molar-refractivity contribution >= 4 is 16.1 Å². The minimum atomic E-state index is -6.00. The van der Waals surface area contributed by atoms with Crippen molar-refractivity contribution in [2.75, 3.05) is 21.3 Å². The molecule has 0 N–H and O–H groups in total. The Balaban J connectivity index is 0.000000749. The fourth-order valence-corrected chi connectivity index (χ4v) is 4.98. The fraction of sp³-hybridized carbons (Fsp3) is 0.500. The fourth-order valence-electron chi connectivity index (χ4n) is 3.27. The van der Waals surface area contributed by atoms with Crippen molar-refractivity contribution in [1.82, 2.24) is 4.57 Å². The SMILES string of the molecule is CO[Si](CCCn1cc[n+](-c2c(C)cc(C)cc2C)c1)(OC)OC.F[B-](F)(F)F. The molecule has 1 heterocycles. The lowest BCUT2D eigenvalue weighted by molar-refractivity contribution is -0.596. The van der Waals surface area contributed by atoms with Crippen LogP contribution in [0.3, 0.4) is 0 Å². The molecular weight excluding hydrogens is 407 g/mol.